The Kier molecular flexibility index (Phi) is 4.84. The van der Waals surface area contributed by atoms with E-state index in [1.807, 2.05) is 23.9 Å². The van der Waals surface area contributed by atoms with Gasteiger partial charge in [-0.3, -0.25) is 9.69 Å². The van der Waals surface area contributed by atoms with Gasteiger partial charge >= 0.3 is 0 Å². The van der Waals surface area contributed by atoms with Crippen LogP contribution < -0.4 is 0 Å². The molecular weight excluding hydrogens is 242 g/mol. The fraction of sp³-hybridized carbons (Fsp3) is 0.533. The molecule has 0 saturated carbocycles. The van der Waals surface area contributed by atoms with E-state index in [0.29, 0.717) is 11.8 Å². The van der Waals surface area contributed by atoms with Crippen LogP contribution in [0.2, 0.25) is 0 Å². The lowest BCUT2D eigenvalue weighted by molar-refractivity contribution is 0.0934. The third kappa shape index (κ3) is 3.59. The molecule has 1 aromatic carbocycles. The first-order chi connectivity index (χ1) is 8.69. The van der Waals surface area contributed by atoms with E-state index in [-0.39, 0.29) is 5.78 Å². The number of hydrogen-bond donors (Lipinski definition) is 0. The predicted octanol–water partition coefficient (Wildman–Crippen LogP) is 2.87. The second-order valence-electron chi connectivity index (χ2n) is 4.89. The maximum Gasteiger partial charge on any atom is 0.176 e. The standard InChI is InChI=1S/C15H21NOS/c1-3-13-4-6-14(7-5-13)15(17)11-16-8-9-18-12(2)10-16/h4-7,12H,3,8-11H2,1-2H3. The summed E-state index contributed by atoms with van der Waals surface area (Å²) in [5, 5.41) is 0.647. The normalized spacial score (nSPS) is 20.9. The van der Waals surface area contributed by atoms with E-state index in [1.54, 1.807) is 0 Å². The lowest BCUT2D eigenvalue weighted by Gasteiger charge is -2.29. The Labute approximate surface area is 114 Å². The summed E-state index contributed by atoms with van der Waals surface area (Å²) in [7, 11) is 0. The maximum absolute atomic E-state index is 12.2. The Balaban J connectivity index is 1.94. The molecule has 1 unspecified atom stereocenters. The zero-order valence-electron chi connectivity index (χ0n) is 11.2. The van der Waals surface area contributed by atoms with Crippen LogP contribution in [0.3, 0.4) is 0 Å². The second-order valence-corrected chi connectivity index (χ2v) is 6.44. The molecule has 0 N–H and O–H groups in total. The van der Waals surface area contributed by atoms with Gasteiger partial charge in [0.15, 0.2) is 5.78 Å². The summed E-state index contributed by atoms with van der Waals surface area (Å²) >= 11 is 2.00. The molecule has 2 nitrogen and oxygen atoms in total. The van der Waals surface area contributed by atoms with Crippen LogP contribution in [0.1, 0.15) is 29.8 Å². The fourth-order valence-electron chi connectivity index (χ4n) is 2.25. The minimum Gasteiger partial charge on any atom is -0.294 e. The van der Waals surface area contributed by atoms with Crippen molar-refractivity contribution in [3.63, 3.8) is 0 Å². The summed E-state index contributed by atoms with van der Waals surface area (Å²) in [6.07, 6.45) is 1.02. The molecule has 0 bridgehead atoms. The van der Waals surface area contributed by atoms with Gasteiger partial charge in [0, 0.05) is 29.7 Å². The van der Waals surface area contributed by atoms with Gasteiger partial charge in [0.25, 0.3) is 0 Å². The first-order valence-electron chi connectivity index (χ1n) is 6.65. The molecule has 0 spiro atoms. The first-order valence-corrected chi connectivity index (χ1v) is 7.70. The van der Waals surface area contributed by atoms with Crippen LogP contribution in [0.5, 0.6) is 0 Å². The zero-order valence-corrected chi connectivity index (χ0v) is 12.0. The maximum atomic E-state index is 12.2. The van der Waals surface area contributed by atoms with Gasteiger partial charge < -0.3 is 0 Å². The monoisotopic (exact) mass is 263 g/mol. The van der Waals surface area contributed by atoms with E-state index in [9.17, 15) is 4.79 Å². The number of rotatable bonds is 4. The first kappa shape index (κ1) is 13.6. The number of nitrogens with zero attached hydrogens (tertiary/aromatic N) is 1. The van der Waals surface area contributed by atoms with Crippen molar-refractivity contribution in [1.82, 2.24) is 4.90 Å². The molecular formula is C15H21NOS. The summed E-state index contributed by atoms with van der Waals surface area (Å²) < 4.78 is 0. The van der Waals surface area contributed by atoms with Crippen molar-refractivity contribution in [2.75, 3.05) is 25.4 Å². The molecule has 0 amide bonds. The average Bonchev–Trinajstić information content (AvgIpc) is 2.39. The quantitative estimate of drug-likeness (QED) is 0.779. The Morgan fingerprint density at radius 1 is 1.39 bits per heavy atom. The molecule has 0 radical (unpaired) electrons. The molecule has 0 aromatic heterocycles. The number of benzene rings is 1. The molecule has 18 heavy (non-hydrogen) atoms. The summed E-state index contributed by atoms with van der Waals surface area (Å²) in [5.74, 6) is 1.39. The van der Waals surface area contributed by atoms with E-state index >= 15 is 0 Å². The molecule has 1 aliphatic heterocycles. The second kappa shape index (κ2) is 6.39. The van der Waals surface area contributed by atoms with Gasteiger partial charge in [0.1, 0.15) is 0 Å². The minimum atomic E-state index is 0.247. The van der Waals surface area contributed by atoms with Crippen LogP contribution in [0, 0.1) is 0 Å². The SMILES string of the molecule is CCc1ccc(C(=O)CN2CCSC(C)C2)cc1. The summed E-state index contributed by atoms with van der Waals surface area (Å²) in [6, 6.07) is 8.04. The molecule has 3 heteroatoms. The van der Waals surface area contributed by atoms with Crippen LogP contribution in [-0.4, -0.2) is 41.3 Å². The van der Waals surface area contributed by atoms with Crippen LogP contribution in [-0.2, 0) is 6.42 Å². The summed E-state index contributed by atoms with van der Waals surface area (Å²) in [6.45, 7) is 6.99. The number of hydrogen-bond acceptors (Lipinski definition) is 3. The Hall–Kier alpha value is -0.800. The number of thioether (sulfide) groups is 1. The van der Waals surface area contributed by atoms with Crippen molar-refractivity contribution < 1.29 is 4.79 Å². The zero-order chi connectivity index (χ0) is 13.0. The lowest BCUT2D eigenvalue weighted by Crippen LogP contribution is -2.39. The molecule has 1 aromatic rings. The van der Waals surface area contributed by atoms with Crippen molar-refractivity contribution in [1.29, 1.82) is 0 Å². The van der Waals surface area contributed by atoms with Crippen molar-refractivity contribution in [3.8, 4) is 0 Å². The highest BCUT2D eigenvalue weighted by Gasteiger charge is 2.19. The van der Waals surface area contributed by atoms with Crippen molar-refractivity contribution in [2.45, 2.75) is 25.5 Å². The number of carbonyl (C=O) groups is 1. The number of aryl methyl sites for hydroxylation is 1. The molecule has 1 fully saturated rings. The molecule has 1 aliphatic rings. The van der Waals surface area contributed by atoms with E-state index in [4.69, 9.17) is 0 Å². The molecule has 1 heterocycles. The van der Waals surface area contributed by atoms with Crippen LogP contribution in [0.4, 0.5) is 0 Å². The Morgan fingerprint density at radius 3 is 2.72 bits per heavy atom. The van der Waals surface area contributed by atoms with E-state index < -0.39 is 0 Å². The third-order valence-electron chi connectivity index (χ3n) is 3.38. The summed E-state index contributed by atoms with van der Waals surface area (Å²) in [5.41, 5.74) is 2.13. The van der Waals surface area contributed by atoms with Gasteiger partial charge in [-0.2, -0.15) is 11.8 Å². The van der Waals surface area contributed by atoms with Gasteiger partial charge in [-0.1, -0.05) is 38.1 Å². The van der Waals surface area contributed by atoms with Crippen LogP contribution in [0.15, 0.2) is 24.3 Å². The lowest BCUT2D eigenvalue weighted by atomic mass is 10.1. The fourth-order valence-corrected chi connectivity index (χ4v) is 3.34. The van der Waals surface area contributed by atoms with Crippen LogP contribution >= 0.6 is 11.8 Å². The predicted molar refractivity (Wildman–Crippen MR) is 78.5 cm³/mol. The third-order valence-corrected chi connectivity index (χ3v) is 4.51. The molecule has 98 valence electrons. The number of Topliss-reactive ketones (excluding diaryl/α,β-unsaturated/α-hetero) is 1. The largest absolute Gasteiger partial charge is 0.294 e. The van der Waals surface area contributed by atoms with Gasteiger partial charge in [0.05, 0.1) is 6.54 Å². The highest BCUT2D eigenvalue weighted by Crippen LogP contribution is 2.18. The molecule has 2 rings (SSSR count). The Morgan fingerprint density at radius 2 is 2.11 bits per heavy atom. The van der Waals surface area contributed by atoms with Crippen molar-refractivity contribution in [2.24, 2.45) is 0 Å². The van der Waals surface area contributed by atoms with Crippen molar-refractivity contribution >= 4 is 17.5 Å². The number of carbonyl (C=O) groups excluding carboxylic acids is 1. The highest BCUT2D eigenvalue weighted by atomic mass is 32.2. The minimum absolute atomic E-state index is 0.247. The topological polar surface area (TPSA) is 20.3 Å². The Bertz CT molecular complexity index is 401. The molecule has 1 atom stereocenters. The summed E-state index contributed by atoms with van der Waals surface area (Å²) in [4.78, 5) is 14.4. The molecule has 1 saturated heterocycles. The highest BCUT2D eigenvalue weighted by molar-refractivity contribution is 7.99. The van der Waals surface area contributed by atoms with Gasteiger partial charge in [-0.05, 0) is 12.0 Å². The molecule has 0 aliphatic carbocycles. The average molecular weight is 263 g/mol. The van der Waals surface area contributed by atoms with E-state index in [1.165, 1.54) is 5.56 Å². The van der Waals surface area contributed by atoms with Crippen molar-refractivity contribution in [3.05, 3.63) is 35.4 Å². The van der Waals surface area contributed by atoms with E-state index in [0.717, 1.165) is 30.8 Å². The van der Waals surface area contributed by atoms with E-state index in [2.05, 4.69) is 30.9 Å². The number of ketones is 1. The van der Waals surface area contributed by atoms with Gasteiger partial charge in [-0.25, -0.2) is 0 Å². The van der Waals surface area contributed by atoms with Crippen LogP contribution in [0.25, 0.3) is 0 Å². The smallest absolute Gasteiger partial charge is 0.176 e. The van der Waals surface area contributed by atoms with Gasteiger partial charge in [-0.15, -0.1) is 0 Å². The van der Waals surface area contributed by atoms with Gasteiger partial charge in [0.2, 0.25) is 0 Å².